The van der Waals surface area contributed by atoms with E-state index in [-0.39, 0.29) is 30.2 Å². The van der Waals surface area contributed by atoms with Crippen molar-refractivity contribution >= 4 is 5.91 Å². The fourth-order valence-electron chi connectivity index (χ4n) is 2.81. The number of hydrogen-bond acceptors (Lipinski definition) is 4. The Labute approximate surface area is 152 Å². The first-order chi connectivity index (χ1) is 12.5. The maximum absolute atomic E-state index is 13.6. The molecule has 1 amide bonds. The standard InChI is InChI=1S/C20H22FNO4/c1-13(2)20(14-7-8-17-18(11-14)25-10-9-24-17)22-19(23)12-26-16-6-4-3-5-15(16)21/h3-8,11,13,20H,9-10,12H2,1-2H3,(H,22,23). The van der Waals surface area contributed by atoms with Gasteiger partial charge in [-0.25, -0.2) is 4.39 Å². The van der Waals surface area contributed by atoms with Gasteiger partial charge < -0.3 is 19.5 Å². The normalized spacial score (nSPS) is 14.0. The van der Waals surface area contributed by atoms with Gasteiger partial charge in [-0.15, -0.1) is 0 Å². The Morgan fingerprint density at radius 2 is 1.88 bits per heavy atom. The smallest absolute Gasteiger partial charge is 0.258 e. The molecule has 1 unspecified atom stereocenters. The van der Waals surface area contributed by atoms with Crippen LogP contribution in [-0.2, 0) is 4.79 Å². The quantitative estimate of drug-likeness (QED) is 0.858. The highest BCUT2D eigenvalue weighted by Crippen LogP contribution is 2.34. The van der Waals surface area contributed by atoms with Crippen molar-refractivity contribution in [3.8, 4) is 17.2 Å². The van der Waals surface area contributed by atoms with Gasteiger partial charge in [-0.3, -0.25) is 4.79 Å². The van der Waals surface area contributed by atoms with Gasteiger partial charge in [-0.2, -0.15) is 0 Å². The van der Waals surface area contributed by atoms with Gasteiger partial charge in [0.15, 0.2) is 29.7 Å². The first-order valence-corrected chi connectivity index (χ1v) is 8.61. The van der Waals surface area contributed by atoms with Gasteiger partial charge in [0.1, 0.15) is 13.2 Å². The van der Waals surface area contributed by atoms with Crippen LogP contribution in [0.15, 0.2) is 42.5 Å². The van der Waals surface area contributed by atoms with Gasteiger partial charge in [0, 0.05) is 0 Å². The van der Waals surface area contributed by atoms with Gasteiger partial charge in [-0.1, -0.05) is 32.0 Å². The first kappa shape index (κ1) is 18.0. The number of para-hydroxylation sites is 1. The number of carbonyl (C=O) groups is 1. The van der Waals surface area contributed by atoms with Crippen molar-refractivity contribution in [1.29, 1.82) is 0 Å². The number of nitrogens with one attached hydrogen (secondary N) is 1. The Balaban J connectivity index is 1.66. The summed E-state index contributed by atoms with van der Waals surface area (Å²) in [5.74, 6) is 0.778. The lowest BCUT2D eigenvalue weighted by Gasteiger charge is -2.25. The number of benzene rings is 2. The Morgan fingerprint density at radius 1 is 1.15 bits per heavy atom. The summed E-state index contributed by atoms with van der Waals surface area (Å²) in [6.45, 7) is 4.81. The predicted molar refractivity (Wildman–Crippen MR) is 95.0 cm³/mol. The minimum Gasteiger partial charge on any atom is -0.486 e. The second kappa shape index (κ2) is 8.08. The van der Waals surface area contributed by atoms with Crippen molar-refractivity contribution in [3.63, 3.8) is 0 Å². The zero-order valence-corrected chi connectivity index (χ0v) is 14.8. The summed E-state index contributed by atoms with van der Waals surface area (Å²) in [5, 5.41) is 2.95. The minimum atomic E-state index is -0.493. The van der Waals surface area contributed by atoms with E-state index in [4.69, 9.17) is 14.2 Å². The van der Waals surface area contributed by atoms with Crippen LogP contribution in [0, 0.1) is 11.7 Å². The molecule has 138 valence electrons. The van der Waals surface area contributed by atoms with E-state index >= 15 is 0 Å². The second-order valence-corrected chi connectivity index (χ2v) is 6.41. The van der Waals surface area contributed by atoms with Crippen molar-refractivity contribution < 1.29 is 23.4 Å². The van der Waals surface area contributed by atoms with E-state index in [9.17, 15) is 9.18 Å². The van der Waals surface area contributed by atoms with E-state index in [1.165, 1.54) is 12.1 Å². The molecule has 6 heteroatoms. The van der Waals surface area contributed by atoms with Crippen molar-refractivity contribution in [2.45, 2.75) is 19.9 Å². The zero-order chi connectivity index (χ0) is 18.5. The SMILES string of the molecule is CC(C)C(NC(=O)COc1ccccc1F)c1ccc2c(c1)OCCO2. The van der Waals surface area contributed by atoms with Gasteiger partial charge in [-0.05, 0) is 35.7 Å². The van der Waals surface area contributed by atoms with Crippen LogP contribution in [-0.4, -0.2) is 25.7 Å². The summed E-state index contributed by atoms with van der Waals surface area (Å²) < 4.78 is 30.0. The maximum Gasteiger partial charge on any atom is 0.258 e. The molecule has 1 N–H and O–H groups in total. The van der Waals surface area contributed by atoms with Gasteiger partial charge in [0.25, 0.3) is 5.91 Å². The Morgan fingerprint density at radius 3 is 2.62 bits per heavy atom. The number of fused-ring (bicyclic) bond motifs is 1. The number of amides is 1. The summed E-state index contributed by atoms with van der Waals surface area (Å²) in [5.41, 5.74) is 0.920. The molecule has 3 rings (SSSR count). The van der Waals surface area contributed by atoms with Crippen LogP contribution in [0.3, 0.4) is 0 Å². The van der Waals surface area contributed by atoms with E-state index in [0.29, 0.717) is 24.7 Å². The number of ether oxygens (including phenoxy) is 3. The van der Waals surface area contributed by atoms with E-state index < -0.39 is 5.82 Å². The van der Waals surface area contributed by atoms with Crippen LogP contribution in [0.25, 0.3) is 0 Å². The summed E-state index contributed by atoms with van der Waals surface area (Å²) in [4.78, 5) is 12.3. The van der Waals surface area contributed by atoms with E-state index in [0.717, 1.165) is 5.56 Å². The van der Waals surface area contributed by atoms with Crippen LogP contribution in [0.2, 0.25) is 0 Å². The molecule has 0 saturated heterocycles. The molecular formula is C20H22FNO4. The summed E-state index contributed by atoms with van der Waals surface area (Å²) >= 11 is 0. The third-order valence-corrected chi connectivity index (χ3v) is 4.10. The van der Waals surface area contributed by atoms with Gasteiger partial charge >= 0.3 is 0 Å². The lowest BCUT2D eigenvalue weighted by atomic mass is 9.95. The van der Waals surface area contributed by atoms with Gasteiger partial charge in [0.2, 0.25) is 0 Å². The van der Waals surface area contributed by atoms with Crippen molar-refractivity contribution in [1.82, 2.24) is 5.32 Å². The number of carbonyl (C=O) groups excluding carboxylic acids is 1. The third kappa shape index (κ3) is 4.25. The van der Waals surface area contributed by atoms with Crippen LogP contribution in [0.4, 0.5) is 4.39 Å². The molecule has 0 radical (unpaired) electrons. The van der Waals surface area contributed by atoms with E-state index in [1.807, 2.05) is 32.0 Å². The monoisotopic (exact) mass is 359 g/mol. The Hall–Kier alpha value is -2.76. The van der Waals surface area contributed by atoms with Crippen molar-refractivity contribution in [2.24, 2.45) is 5.92 Å². The molecule has 0 bridgehead atoms. The number of rotatable bonds is 6. The molecule has 26 heavy (non-hydrogen) atoms. The molecule has 2 aromatic carbocycles. The zero-order valence-electron chi connectivity index (χ0n) is 14.8. The highest BCUT2D eigenvalue weighted by atomic mass is 19.1. The van der Waals surface area contributed by atoms with E-state index in [1.54, 1.807) is 12.1 Å². The molecule has 1 aliphatic heterocycles. The minimum absolute atomic E-state index is 0.0584. The fourth-order valence-corrected chi connectivity index (χ4v) is 2.81. The topological polar surface area (TPSA) is 56.8 Å². The summed E-state index contributed by atoms with van der Waals surface area (Å²) in [6.07, 6.45) is 0. The number of halogens is 1. The highest BCUT2D eigenvalue weighted by Gasteiger charge is 2.21. The third-order valence-electron chi connectivity index (χ3n) is 4.10. The van der Waals surface area contributed by atoms with Crippen LogP contribution >= 0.6 is 0 Å². The molecule has 0 spiro atoms. The van der Waals surface area contributed by atoms with Crippen LogP contribution < -0.4 is 19.5 Å². The lowest BCUT2D eigenvalue weighted by Crippen LogP contribution is -2.35. The number of hydrogen-bond donors (Lipinski definition) is 1. The second-order valence-electron chi connectivity index (χ2n) is 6.41. The molecule has 5 nitrogen and oxygen atoms in total. The average molecular weight is 359 g/mol. The summed E-state index contributed by atoms with van der Waals surface area (Å²) in [6, 6.07) is 11.4. The van der Waals surface area contributed by atoms with Gasteiger partial charge in [0.05, 0.1) is 6.04 Å². The average Bonchev–Trinajstić information content (AvgIpc) is 2.65. The first-order valence-electron chi connectivity index (χ1n) is 8.61. The molecule has 1 aliphatic rings. The molecule has 1 heterocycles. The predicted octanol–water partition coefficient (Wildman–Crippen LogP) is 3.49. The summed E-state index contributed by atoms with van der Waals surface area (Å²) in [7, 11) is 0. The molecule has 0 aliphatic carbocycles. The lowest BCUT2D eigenvalue weighted by molar-refractivity contribution is -0.124. The molecule has 0 aromatic heterocycles. The van der Waals surface area contributed by atoms with Crippen LogP contribution in [0.1, 0.15) is 25.5 Å². The molecule has 2 aromatic rings. The Kier molecular flexibility index (Phi) is 5.61. The van der Waals surface area contributed by atoms with Crippen molar-refractivity contribution in [3.05, 3.63) is 53.8 Å². The molecular weight excluding hydrogens is 337 g/mol. The maximum atomic E-state index is 13.6. The largest absolute Gasteiger partial charge is 0.486 e. The highest BCUT2D eigenvalue weighted by molar-refractivity contribution is 5.78. The van der Waals surface area contributed by atoms with E-state index in [2.05, 4.69) is 5.32 Å². The molecule has 0 saturated carbocycles. The van der Waals surface area contributed by atoms with Crippen molar-refractivity contribution in [2.75, 3.05) is 19.8 Å². The Bertz CT molecular complexity index is 778. The molecule has 0 fully saturated rings. The molecule has 1 atom stereocenters. The van der Waals surface area contributed by atoms with Crippen LogP contribution in [0.5, 0.6) is 17.2 Å². The fraction of sp³-hybridized carbons (Fsp3) is 0.350.